The van der Waals surface area contributed by atoms with Crippen molar-refractivity contribution in [3.8, 4) is 11.5 Å². The number of rotatable bonds is 3. The van der Waals surface area contributed by atoms with E-state index in [4.69, 9.17) is 4.42 Å². The normalized spacial score (nSPS) is 19.8. The molecule has 3 heterocycles. The van der Waals surface area contributed by atoms with Crippen molar-refractivity contribution in [1.82, 2.24) is 9.88 Å². The second-order valence-corrected chi connectivity index (χ2v) is 6.52. The number of pyridine rings is 1. The molecule has 1 saturated heterocycles. The molecule has 26 heavy (non-hydrogen) atoms. The number of carboxylic acids is 1. The van der Waals surface area contributed by atoms with Crippen LogP contribution in [0.3, 0.4) is 0 Å². The summed E-state index contributed by atoms with van der Waals surface area (Å²) in [7, 11) is 0. The van der Waals surface area contributed by atoms with E-state index >= 15 is 0 Å². The summed E-state index contributed by atoms with van der Waals surface area (Å²) in [6, 6.07) is 12.4. The Balaban J connectivity index is 1.80. The van der Waals surface area contributed by atoms with Crippen LogP contribution in [-0.2, 0) is 4.79 Å². The standard InChI is InChI=1S/C20H18N2O4/c1-12-13(20(24)25)8-9-22(12)19(23)15-11-17(18-7-4-10-26-18)21-16-6-3-2-5-14(15)16/h2-7,10-13H,8-9H2,1H3,(H,24,25). The van der Waals surface area contributed by atoms with Gasteiger partial charge in [0.05, 0.1) is 23.3 Å². The van der Waals surface area contributed by atoms with Crippen LogP contribution >= 0.6 is 0 Å². The van der Waals surface area contributed by atoms with Crippen molar-refractivity contribution >= 4 is 22.8 Å². The minimum Gasteiger partial charge on any atom is -0.481 e. The topological polar surface area (TPSA) is 83.6 Å². The van der Waals surface area contributed by atoms with Crippen molar-refractivity contribution in [2.75, 3.05) is 6.54 Å². The highest BCUT2D eigenvalue weighted by atomic mass is 16.4. The fourth-order valence-corrected chi connectivity index (χ4v) is 3.61. The highest BCUT2D eigenvalue weighted by Gasteiger charge is 2.38. The minimum atomic E-state index is -0.858. The van der Waals surface area contributed by atoms with E-state index in [2.05, 4.69) is 4.98 Å². The Labute approximate surface area is 150 Å². The quantitative estimate of drug-likeness (QED) is 0.782. The Morgan fingerprint density at radius 1 is 1.23 bits per heavy atom. The van der Waals surface area contributed by atoms with Crippen LogP contribution in [0.5, 0.6) is 0 Å². The van der Waals surface area contributed by atoms with Crippen LogP contribution in [0.15, 0.2) is 53.1 Å². The van der Waals surface area contributed by atoms with Crippen LogP contribution in [-0.4, -0.2) is 39.5 Å². The Hall–Kier alpha value is -3.15. The summed E-state index contributed by atoms with van der Waals surface area (Å²) in [4.78, 5) is 30.9. The summed E-state index contributed by atoms with van der Waals surface area (Å²) < 4.78 is 5.43. The summed E-state index contributed by atoms with van der Waals surface area (Å²) in [5.41, 5.74) is 1.80. The number of para-hydroxylation sites is 1. The fourth-order valence-electron chi connectivity index (χ4n) is 3.61. The van der Waals surface area contributed by atoms with Crippen molar-refractivity contribution in [3.63, 3.8) is 0 Å². The molecule has 6 heteroatoms. The molecule has 2 unspecified atom stereocenters. The number of carboxylic acid groups (broad SMARTS) is 1. The van der Waals surface area contributed by atoms with E-state index in [1.807, 2.05) is 24.3 Å². The fraction of sp³-hybridized carbons (Fsp3) is 0.250. The van der Waals surface area contributed by atoms with Crippen molar-refractivity contribution in [1.29, 1.82) is 0 Å². The number of carbonyl (C=O) groups is 2. The molecule has 1 aromatic carbocycles. The number of hydrogen-bond donors (Lipinski definition) is 1. The molecule has 1 aliphatic heterocycles. The predicted molar refractivity (Wildman–Crippen MR) is 95.7 cm³/mol. The molecule has 3 aromatic rings. The zero-order valence-corrected chi connectivity index (χ0v) is 14.3. The number of hydrogen-bond acceptors (Lipinski definition) is 4. The van der Waals surface area contributed by atoms with Crippen LogP contribution in [0.1, 0.15) is 23.7 Å². The van der Waals surface area contributed by atoms with Gasteiger partial charge in [-0.05, 0) is 37.6 Å². The number of fused-ring (bicyclic) bond motifs is 1. The summed E-state index contributed by atoms with van der Waals surface area (Å²) >= 11 is 0. The van der Waals surface area contributed by atoms with Gasteiger partial charge in [-0.1, -0.05) is 18.2 Å². The van der Waals surface area contributed by atoms with Gasteiger partial charge in [-0.15, -0.1) is 0 Å². The highest BCUT2D eigenvalue weighted by molar-refractivity contribution is 6.07. The van der Waals surface area contributed by atoms with Gasteiger partial charge in [-0.3, -0.25) is 9.59 Å². The number of benzene rings is 1. The molecule has 4 rings (SSSR count). The van der Waals surface area contributed by atoms with Crippen molar-refractivity contribution in [3.05, 3.63) is 54.3 Å². The Kier molecular flexibility index (Phi) is 3.95. The minimum absolute atomic E-state index is 0.173. The number of furan rings is 1. The third-order valence-electron chi connectivity index (χ3n) is 5.05. The van der Waals surface area contributed by atoms with Crippen LogP contribution in [0, 0.1) is 5.92 Å². The molecule has 2 aromatic heterocycles. The SMILES string of the molecule is CC1C(C(=O)O)CCN1C(=O)c1cc(-c2ccco2)nc2ccccc12. The summed E-state index contributed by atoms with van der Waals surface area (Å²) in [6.45, 7) is 2.23. The van der Waals surface area contributed by atoms with Crippen LogP contribution in [0.25, 0.3) is 22.4 Å². The molecule has 1 fully saturated rings. The number of likely N-dealkylation sites (tertiary alicyclic amines) is 1. The lowest BCUT2D eigenvalue weighted by atomic mass is 10.0. The summed E-state index contributed by atoms with van der Waals surface area (Å²) in [6.07, 6.45) is 2.03. The molecule has 0 aliphatic carbocycles. The maximum Gasteiger partial charge on any atom is 0.308 e. The van der Waals surface area contributed by atoms with E-state index in [-0.39, 0.29) is 11.9 Å². The molecule has 1 N–H and O–H groups in total. The van der Waals surface area contributed by atoms with E-state index < -0.39 is 11.9 Å². The average molecular weight is 350 g/mol. The lowest BCUT2D eigenvalue weighted by molar-refractivity contribution is -0.142. The average Bonchev–Trinajstić information content (AvgIpc) is 3.30. The van der Waals surface area contributed by atoms with Gasteiger partial charge in [0.2, 0.25) is 0 Å². The van der Waals surface area contributed by atoms with Gasteiger partial charge >= 0.3 is 5.97 Å². The molecule has 2 atom stereocenters. The molecule has 1 aliphatic rings. The van der Waals surface area contributed by atoms with Gasteiger partial charge < -0.3 is 14.4 Å². The van der Waals surface area contributed by atoms with Gasteiger partial charge in [0.1, 0.15) is 5.69 Å². The maximum atomic E-state index is 13.2. The molecule has 0 bridgehead atoms. The third kappa shape index (κ3) is 2.63. The van der Waals surface area contributed by atoms with Gasteiger partial charge in [0, 0.05) is 18.0 Å². The van der Waals surface area contributed by atoms with E-state index in [0.717, 1.165) is 5.39 Å². The number of aromatic nitrogens is 1. The zero-order valence-electron chi connectivity index (χ0n) is 14.3. The van der Waals surface area contributed by atoms with E-state index in [1.54, 1.807) is 36.3 Å². The van der Waals surface area contributed by atoms with Gasteiger partial charge in [0.15, 0.2) is 5.76 Å². The summed E-state index contributed by atoms with van der Waals surface area (Å²) in [5.74, 6) is -0.976. The number of carbonyl (C=O) groups excluding carboxylic acids is 1. The van der Waals surface area contributed by atoms with Crippen molar-refractivity contribution < 1.29 is 19.1 Å². The number of aliphatic carboxylic acids is 1. The zero-order chi connectivity index (χ0) is 18.3. The molecular formula is C20H18N2O4. The van der Waals surface area contributed by atoms with Gasteiger partial charge in [-0.2, -0.15) is 0 Å². The Morgan fingerprint density at radius 3 is 2.73 bits per heavy atom. The van der Waals surface area contributed by atoms with E-state index in [0.29, 0.717) is 35.5 Å². The van der Waals surface area contributed by atoms with Gasteiger partial charge in [0.25, 0.3) is 5.91 Å². The molecule has 0 spiro atoms. The van der Waals surface area contributed by atoms with Crippen LogP contribution in [0.4, 0.5) is 0 Å². The second kappa shape index (κ2) is 6.29. The molecular weight excluding hydrogens is 332 g/mol. The first kappa shape index (κ1) is 16.3. The molecule has 0 radical (unpaired) electrons. The first-order valence-corrected chi connectivity index (χ1v) is 8.53. The van der Waals surface area contributed by atoms with Gasteiger partial charge in [-0.25, -0.2) is 4.98 Å². The number of amides is 1. The first-order valence-electron chi connectivity index (χ1n) is 8.53. The number of nitrogens with zero attached hydrogens (tertiary/aromatic N) is 2. The van der Waals surface area contributed by atoms with Crippen LogP contribution in [0.2, 0.25) is 0 Å². The molecule has 6 nitrogen and oxygen atoms in total. The third-order valence-corrected chi connectivity index (χ3v) is 5.05. The first-order chi connectivity index (χ1) is 12.6. The Bertz CT molecular complexity index is 981. The monoisotopic (exact) mass is 350 g/mol. The summed E-state index contributed by atoms with van der Waals surface area (Å²) in [5, 5.41) is 10.1. The second-order valence-electron chi connectivity index (χ2n) is 6.52. The van der Waals surface area contributed by atoms with Crippen molar-refractivity contribution in [2.45, 2.75) is 19.4 Å². The smallest absolute Gasteiger partial charge is 0.308 e. The Morgan fingerprint density at radius 2 is 2.04 bits per heavy atom. The highest BCUT2D eigenvalue weighted by Crippen LogP contribution is 2.30. The lowest BCUT2D eigenvalue weighted by Crippen LogP contribution is -2.37. The molecule has 1 amide bonds. The molecule has 132 valence electrons. The predicted octanol–water partition coefficient (Wildman–Crippen LogP) is 3.43. The van der Waals surface area contributed by atoms with E-state index in [1.165, 1.54) is 0 Å². The largest absolute Gasteiger partial charge is 0.481 e. The maximum absolute atomic E-state index is 13.2. The van der Waals surface area contributed by atoms with E-state index in [9.17, 15) is 14.7 Å². The van der Waals surface area contributed by atoms with Crippen molar-refractivity contribution in [2.24, 2.45) is 5.92 Å². The lowest BCUT2D eigenvalue weighted by Gasteiger charge is -2.24. The van der Waals surface area contributed by atoms with Crippen LogP contribution < -0.4 is 0 Å². The molecule has 0 saturated carbocycles.